The molecule has 2 rings (SSSR count). The van der Waals surface area contributed by atoms with Crippen LogP contribution in [-0.4, -0.2) is 11.9 Å². The van der Waals surface area contributed by atoms with Crippen LogP contribution in [-0.2, 0) is 4.79 Å². The summed E-state index contributed by atoms with van der Waals surface area (Å²) in [6, 6.07) is 4.94. The van der Waals surface area contributed by atoms with Crippen molar-refractivity contribution < 1.29 is 4.79 Å². The summed E-state index contributed by atoms with van der Waals surface area (Å²) >= 11 is 11.8. The summed E-state index contributed by atoms with van der Waals surface area (Å²) in [4.78, 5) is 12.0. The molecule has 1 saturated carbocycles. The maximum atomic E-state index is 12.0. The van der Waals surface area contributed by atoms with Crippen molar-refractivity contribution in [2.45, 2.75) is 25.3 Å². The SMILES string of the molecule is NC1CCCC1C(=O)Nc1cc(Cl)ccc1Cl. The molecule has 0 heterocycles. The molecule has 1 aliphatic rings. The molecule has 0 aromatic heterocycles. The van der Waals surface area contributed by atoms with Gasteiger partial charge in [0.25, 0.3) is 0 Å². The molecule has 92 valence electrons. The molecule has 2 unspecified atom stereocenters. The molecule has 1 aromatic carbocycles. The Hall–Kier alpha value is -0.770. The number of halogens is 2. The Labute approximate surface area is 110 Å². The first-order valence-corrected chi connectivity index (χ1v) is 6.35. The van der Waals surface area contributed by atoms with E-state index in [1.54, 1.807) is 18.2 Å². The minimum atomic E-state index is -0.120. The third-order valence-corrected chi connectivity index (χ3v) is 3.66. The molecule has 0 bridgehead atoms. The first kappa shape index (κ1) is 12.7. The molecule has 2 atom stereocenters. The van der Waals surface area contributed by atoms with E-state index >= 15 is 0 Å². The molecule has 17 heavy (non-hydrogen) atoms. The smallest absolute Gasteiger partial charge is 0.229 e. The number of carbonyl (C=O) groups excluding carboxylic acids is 1. The summed E-state index contributed by atoms with van der Waals surface area (Å²) < 4.78 is 0. The Kier molecular flexibility index (Phi) is 3.92. The van der Waals surface area contributed by atoms with E-state index in [0.717, 1.165) is 19.3 Å². The highest BCUT2D eigenvalue weighted by molar-refractivity contribution is 6.35. The van der Waals surface area contributed by atoms with Gasteiger partial charge in [0.2, 0.25) is 5.91 Å². The summed E-state index contributed by atoms with van der Waals surface area (Å²) in [5.41, 5.74) is 6.43. The highest BCUT2D eigenvalue weighted by Crippen LogP contribution is 2.29. The molecule has 1 aromatic rings. The average molecular weight is 273 g/mol. The topological polar surface area (TPSA) is 55.1 Å². The van der Waals surface area contributed by atoms with E-state index in [4.69, 9.17) is 28.9 Å². The second-order valence-corrected chi connectivity index (χ2v) is 5.16. The van der Waals surface area contributed by atoms with Crippen molar-refractivity contribution in [3.8, 4) is 0 Å². The predicted molar refractivity (Wildman–Crippen MR) is 70.4 cm³/mol. The Bertz CT molecular complexity index is 437. The van der Waals surface area contributed by atoms with Crippen LogP contribution < -0.4 is 11.1 Å². The molecule has 0 radical (unpaired) electrons. The fourth-order valence-corrected chi connectivity index (χ4v) is 2.47. The number of nitrogens with two attached hydrogens (primary N) is 1. The number of carbonyl (C=O) groups is 1. The van der Waals surface area contributed by atoms with E-state index in [1.165, 1.54) is 0 Å². The van der Waals surface area contributed by atoms with Gasteiger partial charge in [-0.15, -0.1) is 0 Å². The number of hydrogen-bond donors (Lipinski definition) is 2. The van der Waals surface area contributed by atoms with Gasteiger partial charge in [0.05, 0.1) is 16.6 Å². The first-order chi connectivity index (χ1) is 8.08. The van der Waals surface area contributed by atoms with Crippen LogP contribution in [0.15, 0.2) is 18.2 Å². The molecular weight excluding hydrogens is 259 g/mol. The van der Waals surface area contributed by atoms with Gasteiger partial charge in [-0.05, 0) is 31.0 Å². The van der Waals surface area contributed by atoms with Crippen LogP contribution in [0.2, 0.25) is 10.0 Å². The van der Waals surface area contributed by atoms with Gasteiger partial charge in [-0.3, -0.25) is 4.79 Å². The fraction of sp³-hybridized carbons (Fsp3) is 0.417. The molecule has 0 saturated heterocycles. The van der Waals surface area contributed by atoms with Crippen LogP contribution in [0.3, 0.4) is 0 Å². The van der Waals surface area contributed by atoms with Gasteiger partial charge in [-0.25, -0.2) is 0 Å². The Morgan fingerprint density at radius 1 is 1.35 bits per heavy atom. The van der Waals surface area contributed by atoms with Crippen molar-refractivity contribution >= 4 is 34.8 Å². The molecule has 1 aliphatic carbocycles. The monoisotopic (exact) mass is 272 g/mol. The number of hydrogen-bond acceptors (Lipinski definition) is 2. The molecule has 3 nitrogen and oxygen atoms in total. The fourth-order valence-electron chi connectivity index (χ4n) is 2.13. The van der Waals surface area contributed by atoms with Crippen LogP contribution in [0, 0.1) is 5.92 Å². The van der Waals surface area contributed by atoms with Crippen molar-refractivity contribution in [1.82, 2.24) is 0 Å². The number of rotatable bonds is 2. The van der Waals surface area contributed by atoms with E-state index in [9.17, 15) is 4.79 Å². The van der Waals surface area contributed by atoms with Crippen molar-refractivity contribution in [2.24, 2.45) is 11.7 Å². The minimum Gasteiger partial charge on any atom is -0.327 e. The zero-order chi connectivity index (χ0) is 12.4. The molecule has 3 N–H and O–H groups in total. The lowest BCUT2D eigenvalue weighted by molar-refractivity contribution is -0.120. The van der Waals surface area contributed by atoms with Crippen LogP contribution in [0.1, 0.15) is 19.3 Å². The van der Waals surface area contributed by atoms with Gasteiger partial charge >= 0.3 is 0 Å². The lowest BCUT2D eigenvalue weighted by Crippen LogP contribution is -2.34. The molecule has 1 amide bonds. The zero-order valence-electron chi connectivity index (χ0n) is 9.25. The van der Waals surface area contributed by atoms with Crippen LogP contribution in [0.5, 0.6) is 0 Å². The lowest BCUT2D eigenvalue weighted by Gasteiger charge is -2.15. The van der Waals surface area contributed by atoms with Crippen molar-refractivity contribution in [3.05, 3.63) is 28.2 Å². The van der Waals surface area contributed by atoms with Crippen molar-refractivity contribution in [3.63, 3.8) is 0 Å². The summed E-state index contributed by atoms with van der Waals surface area (Å²) in [6.07, 6.45) is 2.75. The molecule has 0 aliphatic heterocycles. The molecule has 1 fully saturated rings. The molecule has 0 spiro atoms. The number of nitrogens with one attached hydrogen (secondary N) is 1. The van der Waals surface area contributed by atoms with Gasteiger partial charge in [-0.1, -0.05) is 29.6 Å². The first-order valence-electron chi connectivity index (χ1n) is 5.59. The quantitative estimate of drug-likeness (QED) is 0.870. The standard InChI is InChI=1S/C12H14Cl2N2O/c13-7-4-5-9(14)11(6-7)16-12(17)8-2-1-3-10(8)15/h4-6,8,10H,1-3,15H2,(H,16,17). The maximum absolute atomic E-state index is 12.0. The Morgan fingerprint density at radius 2 is 2.12 bits per heavy atom. The minimum absolute atomic E-state index is 0.0482. The summed E-state index contributed by atoms with van der Waals surface area (Å²) in [5, 5.41) is 3.81. The van der Waals surface area contributed by atoms with E-state index in [2.05, 4.69) is 5.32 Å². The van der Waals surface area contributed by atoms with E-state index in [0.29, 0.717) is 15.7 Å². The van der Waals surface area contributed by atoms with Gasteiger partial charge in [0.1, 0.15) is 0 Å². The molecular formula is C12H14Cl2N2O. The van der Waals surface area contributed by atoms with Crippen molar-refractivity contribution in [2.75, 3.05) is 5.32 Å². The van der Waals surface area contributed by atoms with Gasteiger partial charge in [0, 0.05) is 11.1 Å². The van der Waals surface area contributed by atoms with Crippen LogP contribution in [0.4, 0.5) is 5.69 Å². The summed E-state index contributed by atoms with van der Waals surface area (Å²) in [5.74, 6) is -0.191. The van der Waals surface area contributed by atoms with Gasteiger partial charge < -0.3 is 11.1 Å². The molecule has 5 heteroatoms. The predicted octanol–water partition coefficient (Wildman–Crippen LogP) is 3.06. The Balaban J connectivity index is 2.10. The zero-order valence-corrected chi connectivity index (χ0v) is 10.8. The number of anilines is 1. The third-order valence-electron chi connectivity index (χ3n) is 3.09. The third kappa shape index (κ3) is 2.92. The van der Waals surface area contributed by atoms with Crippen molar-refractivity contribution in [1.29, 1.82) is 0 Å². The highest BCUT2D eigenvalue weighted by Gasteiger charge is 2.30. The van der Waals surface area contributed by atoms with Crippen LogP contribution >= 0.6 is 23.2 Å². The van der Waals surface area contributed by atoms with Gasteiger partial charge in [-0.2, -0.15) is 0 Å². The normalized spacial score (nSPS) is 23.7. The number of amides is 1. The van der Waals surface area contributed by atoms with Crippen LogP contribution in [0.25, 0.3) is 0 Å². The summed E-state index contributed by atoms with van der Waals surface area (Å²) in [7, 11) is 0. The van der Waals surface area contributed by atoms with E-state index in [1.807, 2.05) is 0 Å². The Morgan fingerprint density at radius 3 is 2.76 bits per heavy atom. The second kappa shape index (κ2) is 5.25. The van der Waals surface area contributed by atoms with E-state index in [-0.39, 0.29) is 17.9 Å². The highest BCUT2D eigenvalue weighted by atomic mass is 35.5. The summed E-state index contributed by atoms with van der Waals surface area (Å²) in [6.45, 7) is 0. The number of benzene rings is 1. The average Bonchev–Trinajstić information content (AvgIpc) is 2.70. The van der Waals surface area contributed by atoms with E-state index < -0.39 is 0 Å². The lowest BCUT2D eigenvalue weighted by atomic mass is 10.0. The maximum Gasteiger partial charge on any atom is 0.229 e. The largest absolute Gasteiger partial charge is 0.327 e. The second-order valence-electron chi connectivity index (χ2n) is 4.31. The van der Waals surface area contributed by atoms with Gasteiger partial charge in [0.15, 0.2) is 0 Å².